The number of hydrogen-bond donors (Lipinski definition) is 0. The molecule has 0 radical (unpaired) electrons. The molecule has 0 saturated heterocycles. The largest absolute Gasteiger partial charge is 0.361 e. The van der Waals surface area contributed by atoms with Crippen molar-refractivity contribution in [1.82, 2.24) is 0 Å². The third-order valence-corrected chi connectivity index (χ3v) is 4.82. The first kappa shape index (κ1) is 18.1. The highest BCUT2D eigenvalue weighted by molar-refractivity contribution is 6.09. The van der Waals surface area contributed by atoms with E-state index in [0.29, 0.717) is 11.1 Å². The van der Waals surface area contributed by atoms with Gasteiger partial charge in [0.15, 0.2) is 11.6 Å². The predicted molar refractivity (Wildman–Crippen MR) is 110 cm³/mol. The van der Waals surface area contributed by atoms with E-state index in [9.17, 15) is 9.59 Å². The van der Waals surface area contributed by atoms with Crippen LogP contribution in [0.15, 0.2) is 78.9 Å². The zero-order chi connectivity index (χ0) is 19.5. The quantitative estimate of drug-likeness (QED) is 0.567. The molecule has 1 unspecified atom stereocenters. The molecule has 3 nitrogen and oxygen atoms in total. The third-order valence-electron chi connectivity index (χ3n) is 4.82. The zero-order valence-corrected chi connectivity index (χ0v) is 15.6. The number of rotatable bonds is 6. The zero-order valence-electron chi connectivity index (χ0n) is 15.6. The van der Waals surface area contributed by atoms with E-state index in [1.54, 1.807) is 0 Å². The van der Waals surface area contributed by atoms with Crippen LogP contribution in [0.1, 0.15) is 45.6 Å². The molecular weight excluding hydrogens is 348 g/mol. The van der Waals surface area contributed by atoms with Crippen molar-refractivity contribution in [3.8, 4) is 0 Å². The average Bonchev–Trinajstić information content (AvgIpc) is 3.10. The monoisotopic (exact) mass is 368 g/mol. The van der Waals surface area contributed by atoms with Gasteiger partial charge in [-0.05, 0) is 41.3 Å². The number of Topliss-reactive ketones (excluding diaryl/α,β-unsaturated/α-hetero) is 1. The number of carbonyl (C=O) groups is 2. The average molecular weight is 368 g/mol. The summed E-state index contributed by atoms with van der Waals surface area (Å²) in [5, 5.41) is 0. The molecule has 0 fully saturated rings. The van der Waals surface area contributed by atoms with Crippen molar-refractivity contribution in [3.05, 3.63) is 107 Å². The van der Waals surface area contributed by atoms with Crippen molar-refractivity contribution in [1.29, 1.82) is 0 Å². The fraction of sp³-hybridized carbons (Fsp3) is 0.120. The van der Waals surface area contributed by atoms with Crippen LogP contribution in [0.3, 0.4) is 0 Å². The molecule has 0 heterocycles. The predicted octanol–water partition coefficient (Wildman–Crippen LogP) is 5.12. The molecule has 3 aromatic rings. The number of carbonyl (C=O) groups excluding carboxylic acids is 2. The Morgan fingerprint density at radius 3 is 2.21 bits per heavy atom. The van der Waals surface area contributed by atoms with E-state index in [1.807, 2.05) is 78.9 Å². The molecule has 0 N–H and O–H groups in total. The minimum atomic E-state index is -0.371. The Morgan fingerprint density at radius 2 is 1.54 bits per heavy atom. The number of ether oxygens (including phenoxy) is 1. The molecule has 138 valence electrons. The van der Waals surface area contributed by atoms with Crippen LogP contribution < -0.4 is 0 Å². The molecule has 3 heteroatoms. The summed E-state index contributed by atoms with van der Waals surface area (Å²) < 4.78 is 5.97. The van der Waals surface area contributed by atoms with Crippen molar-refractivity contribution < 1.29 is 14.3 Å². The molecule has 4 rings (SSSR count). The Labute approximate surface area is 164 Å². The number of fused-ring (bicyclic) bond motifs is 1. The van der Waals surface area contributed by atoms with Crippen molar-refractivity contribution >= 4 is 23.2 Å². The molecule has 1 aliphatic carbocycles. The lowest BCUT2D eigenvalue weighted by Gasteiger charge is -2.18. The molecule has 1 atom stereocenters. The summed E-state index contributed by atoms with van der Waals surface area (Å²) in [6.07, 6.45) is 1.71. The lowest BCUT2D eigenvalue weighted by atomic mass is 9.96. The Hall–Kier alpha value is -3.30. The number of benzene rings is 3. The maximum Gasteiger partial charge on any atom is 0.193 e. The van der Waals surface area contributed by atoms with Gasteiger partial charge in [-0.3, -0.25) is 9.59 Å². The highest BCUT2D eigenvalue weighted by Crippen LogP contribution is 2.43. The molecule has 28 heavy (non-hydrogen) atoms. The van der Waals surface area contributed by atoms with Crippen LogP contribution >= 0.6 is 0 Å². The maximum atomic E-state index is 12.9. The number of ketones is 2. The molecule has 1 aliphatic rings. The Bertz CT molecular complexity index is 1050. The topological polar surface area (TPSA) is 43.4 Å². The molecule has 0 spiro atoms. The fourth-order valence-electron chi connectivity index (χ4n) is 3.49. The lowest BCUT2D eigenvalue weighted by Crippen LogP contribution is -2.11. The van der Waals surface area contributed by atoms with Crippen molar-refractivity contribution in [2.24, 2.45) is 0 Å². The summed E-state index contributed by atoms with van der Waals surface area (Å²) in [7, 11) is 0. The van der Waals surface area contributed by atoms with Gasteiger partial charge in [0.25, 0.3) is 0 Å². The van der Waals surface area contributed by atoms with Crippen LogP contribution in [0.4, 0.5) is 0 Å². The van der Waals surface area contributed by atoms with Crippen molar-refractivity contribution in [2.45, 2.75) is 13.0 Å². The SMILES string of the molecule is CC(=O)COC1C(c2ccccc2)=Cc2ccc(C(=O)c3ccccc3)cc21. The van der Waals surface area contributed by atoms with Crippen molar-refractivity contribution in [3.63, 3.8) is 0 Å². The standard InChI is InChI=1S/C25H20O3/c1-17(26)16-28-25-22(18-8-4-2-5-9-18)14-20-12-13-21(15-23(20)25)24(27)19-10-6-3-7-11-19/h2-15,25H,16H2,1H3. The van der Waals surface area contributed by atoms with Crippen LogP contribution in [0, 0.1) is 0 Å². The summed E-state index contributed by atoms with van der Waals surface area (Å²) in [5.74, 6) is -0.0562. The van der Waals surface area contributed by atoms with Gasteiger partial charge in [-0.1, -0.05) is 72.8 Å². The molecule has 0 bridgehead atoms. The van der Waals surface area contributed by atoms with Gasteiger partial charge in [0, 0.05) is 11.1 Å². The number of hydrogen-bond acceptors (Lipinski definition) is 3. The molecular formula is C25H20O3. The van der Waals surface area contributed by atoms with Gasteiger partial charge in [0.05, 0.1) is 0 Å². The van der Waals surface area contributed by atoms with Gasteiger partial charge < -0.3 is 4.74 Å². The smallest absolute Gasteiger partial charge is 0.193 e. The van der Waals surface area contributed by atoms with Gasteiger partial charge in [0.2, 0.25) is 0 Å². The third kappa shape index (κ3) is 3.57. The van der Waals surface area contributed by atoms with Gasteiger partial charge in [-0.25, -0.2) is 0 Å². The Kier molecular flexibility index (Phi) is 5.00. The molecule has 0 aliphatic heterocycles. The van der Waals surface area contributed by atoms with Crippen LogP contribution in [-0.4, -0.2) is 18.2 Å². The van der Waals surface area contributed by atoms with E-state index >= 15 is 0 Å². The second-order valence-corrected chi connectivity index (χ2v) is 6.90. The van der Waals surface area contributed by atoms with E-state index in [2.05, 4.69) is 6.08 Å². The summed E-state index contributed by atoms with van der Waals surface area (Å²) in [4.78, 5) is 24.4. The highest BCUT2D eigenvalue weighted by atomic mass is 16.5. The van der Waals surface area contributed by atoms with E-state index in [1.165, 1.54) is 6.92 Å². The Balaban J connectivity index is 1.72. The first-order valence-corrected chi connectivity index (χ1v) is 9.25. The van der Waals surface area contributed by atoms with Crippen LogP contribution in [0.5, 0.6) is 0 Å². The van der Waals surface area contributed by atoms with Gasteiger partial charge in [-0.15, -0.1) is 0 Å². The fourth-order valence-corrected chi connectivity index (χ4v) is 3.49. The van der Waals surface area contributed by atoms with Crippen LogP contribution in [0.2, 0.25) is 0 Å². The van der Waals surface area contributed by atoms with Gasteiger partial charge >= 0.3 is 0 Å². The summed E-state index contributed by atoms with van der Waals surface area (Å²) in [5.41, 5.74) is 5.24. The van der Waals surface area contributed by atoms with Gasteiger partial charge in [0.1, 0.15) is 12.7 Å². The molecule has 0 saturated carbocycles. The minimum Gasteiger partial charge on any atom is -0.361 e. The molecule has 3 aromatic carbocycles. The van der Waals surface area contributed by atoms with Crippen molar-refractivity contribution in [2.75, 3.05) is 6.61 Å². The summed E-state index contributed by atoms with van der Waals surface area (Å²) in [6.45, 7) is 1.54. The Morgan fingerprint density at radius 1 is 0.857 bits per heavy atom. The normalized spacial score (nSPS) is 15.0. The van der Waals surface area contributed by atoms with E-state index in [0.717, 1.165) is 22.3 Å². The van der Waals surface area contributed by atoms with E-state index < -0.39 is 0 Å². The maximum absolute atomic E-state index is 12.9. The lowest BCUT2D eigenvalue weighted by molar-refractivity contribution is -0.122. The second kappa shape index (κ2) is 7.75. The summed E-state index contributed by atoms with van der Waals surface area (Å²) in [6, 6.07) is 24.9. The second-order valence-electron chi connectivity index (χ2n) is 6.90. The van der Waals surface area contributed by atoms with Crippen LogP contribution in [-0.2, 0) is 9.53 Å². The van der Waals surface area contributed by atoms with Crippen LogP contribution in [0.25, 0.3) is 11.6 Å². The first-order valence-electron chi connectivity index (χ1n) is 9.25. The summed E-state index contributed by atoms with van der Waals surface area (Å²) >= 11 is 0. The van der Waals surface area contributed by atoms with Gasteiger partial charge in [-0.2, -0.15) is 0 Å². The minimum absolute atomic E-state index is 0.0260. The van der Waals surface area contributed by atoms with E-state index in [4.69, 9.17) is 4.74 Å². The van der Waals surface area contributed by atoms with E-state index in [-0.39, 0.29) is 24.3 Å². The molecule has 0 amide bonds. The highest BCUT2D eigenvalue weighted by Gasteiger charge is 2.28. The first-order chi connectivity index (χ1) is 13.6. The molecule has 0 aromatic heterocycles.